The Morgan fingerprint density at radius 2 is 1.91 bits per heavy atom. The first-order chi connectivity index (χ1) is 16.6. The third-order valence-electron chi connectivity index (χ3n) is 7.52. The van der Waals surface area contributed by atoms with Crippen molar-refractivity contribution in [2.24, 2.45) is 5.73 Å². The molecule has 8 heteroatoms. The number of hydrogen-bond acceptors (Lipinski definition) is 5. The van der Waals surface area contributed by atoms with Gasteiger partial charge in [-0.05, 0) is 48.9 Å². The summed E-state index contributed by atoms with van der Waals surface area (Å²) in [5.41, 5.74) is 9.92. The second-order valence-electron chi connectivity index (χ2n) is 9.33. The van der Waals surface area contributed by atoms with E-state index in [9.17, 15) is 4.79 Å². The second kappa shape index (κ2) is 9.65. The summed E-state index contributed by atoms with van der Waals surface area (Å²) in [6.07, 6.45) is 3.89. The molecule has 0 saturated heterocycles. The summed E-state index contributed by atoms with van der Waals surface area (Å²) in [6, 6.07) is 16.8. The van der Waals surface area contributed by atoms with E-state index in [0.717, 1.165) is 47.2 Å². The van der Waals surface area contributed by atoms with Crippen LogP contribution in [0.4, 0.5) is 0 Å². The van der Waals surface area contributed by atoms with Crippen molar-refractivity contribution in [2.45, 2.75) is 54.7 Å². The molecular weight excluding hydrogens is 541 g/mol. The minimum absolute atomic E-state index is 0.00326. The predicted molar refractivity (Wildman–Crippen MR) is 140 cm³/mol. The van der Waals surface area contributed by atoms with Crippen LogP contribution in [0, 0.1) is 0 Å². The van der Waals surface area contributed by atoms with E-state index < -0.39 is 0 Å². The smallest absolute Gasteiger partial charge is 0.243 e. The SMILES string of the molecule is COc1cccc(-c2nnc3n2CC(=O)N([C@H]2CC[C@@](CN)(c4cccc(CI)c4)CC2)C3)c1. The molecule has 2 aliphatic rings. The molecule has 178 valence electrons. The molecule has 0 unspecified atom stereocenters. The first-order valence-corrected chi connectivity index (χ1v) is 13.3. The van der Waals surface area contributed by atoms with E-state index in [-0.39, 0.29) is 23.9 Å². The number of halogens is 1. The number of ether oxygens (including phenoxy) is 1. The van der Waals surface area contributed by atoms with Crippen LogP contribution in [-0.2, 0) is 27.7 Å². The van der Waals surface area contributed by atoms with Gasteiger partial charge in [-0.25, -0.2) is 0 Å². The molecule has 1 aromatic heterocycles. The summed E-state index contributed by atoms with van der Waals surface area (Å²) in [5.74, 6) is 2.44. The maximum Gasteiger partial charge on any atom is 0.243 e. The lowest BCUT2D eigenvalue weighted by Gasteiger charge is -2.44. The summed E-state index contributed by atoms with van der Waals surface area (Å²) in [6.45, 7) is 1.40. The Balaban J connectivity index is 1.32. The molecule has 3 aromatic rings. The molecule has 1 aliphatic heterocycles. The van der Waals surface area contributed by atoms with Crippen molar-refractivity contribution >= 4 is 28.5 Å². The summed E-state index contributed by atoms with van der Waals surface area (Å²) in [4.78, 5) is 15.3. The van der Waals surface area contributed by atoms with Crippen molar-refractivity contribution in [1.82, 2.24) is 19.7 Å². The third-order valence-corrected chi connectivity index (χ3v) is 8.40. The Hall–Kier alpha value is -2.46. The van der Waals surface area contributed by atoms with E-state index in [4.69, 9.17) is 10.5 Å². The first-order valence-electron chi connectivity index (χ1n) is 11.8. The molecule has 2 N–H and O–H groups in total. The van der Waals surface area contributed by atoms with Gasteiger partial charge in [0.25, 0.3) is 0 Å². The van der Waals surface area contributed by atoms with Gasteiger partial charge < -0.3 is 15.4 Å². The minimum atomic E-state index is -0.00326. The van der Waals surface area contributed by atoms with Crippen LogP contribution in [0.25, 0.3) is 11.4 Å². The molecule has 0 spiro atoms. The Labute approximate surface area is 213 Å². The van der Waals surface area contributed by atoms with Crippen molar-refractivity contribution in [2.75, 3.05) is 13.7 Å². The van der Waals surface area contributed by atoms with Crippen LogP contribution < -0.4 is 10.5 Å². The van der Waals surface area contributed by atoms with E-state index in [1.165, 1.54) is 11.1 Å². The number of amides is 1. The van der Waals surface area contributed by atoms with Crippen LogP contribution in [-0.4, -0.2) is 45.3 Å². The van der Waals surface area contributed by atoms with Crippen molar-refractivity contribution in [1.29, 1.82) is 0 Å². The average Bonchev–Trinajstić information content (AvgIpc) is 3.31. The number of benzene rings is 2. The van der Waals surface area contributed by atoms with Crippen LogP contribution >= 0.6 is 22.6 Å². The number of rotatable bonds is 6. The lowest BCUT2D eigenvalue weighted by Crippen LogP contribution is -2.50. The van der Waals surface area contributed by atoms with Crippen LogP contribution in [0.15, 0.2) is 48.5 Å². The minimum Gasteiger partial charge on any atom is -0.497 e. The average molecular weight is 571 g/mol. The molecule has 0 bridgehead atoms. The molecule has 2 aromatic carbocycles. The van der Waals surface area contributed by atoms with Gasteiger partial charge in [-0.1, -0.05) is 59.0 Å². The number of alkyl halides is 1. The fourth-order valence-corrected chi connectivity index (χ4v) is 5.93. The monoisotopic (exact) mass is 571 g/mol. The largest absolute Gasteiger partial charge is 0.497 e. The molecule has 1 aliphatic carbocycles. The first kappa shape index (κ1) is 23.3. The molecule has 0 atom stereocenters. The highest BCUT2D eigenvalue weighted by Crippen LogP contribution is 2.41. The summed E-state index contributed by atoms with van der Waals surface area (Å²) >= 11 is 2.41. The van der Waals surface area contributed by atoms with Crippen LogP contribution in [0.2, 0.25) is 0 Å². The molecular formula is C26H30IN5O2. The third kappa shape index (κ3) is 4.22. The zero-order valence-corrected chi connectivity index (χ0v) is 21.6. The van der Waals surface area contributed by atoms with Crippen LogP contribution in [0.3, 0.4) is 0 Å². The highest BCUT2D eigenvalue weighted by atomic mass is 127. The number of fused-ring (bicyclic) bond motifs is 1. The van der Waals surface area contributed by atoms with Gasteiger partial charge in [0.15, 0.2) is 11.6 Å². The number of hydrogen-bond donors (Lipinski definition) is 1. The Bertz CT molecular complexity index is 1190. The fraction of sp³-hybridized carbons (Fsp3) is 0.423. The van der Waals surface area contributed by atoms with E-state index in [1.54, 1.807) is 7.11 Å². The van der Waals surface area contributed by atoms with Crippen molar-refractivity contribution in [3.63, 3.8) is 0 Å². The Morgan fingerprint density at radius 3 is 2.65 bits per heavy atom. The number of aromatic nitrogens is 3. The molecule has 1 fully saturated rings. The standard InChI is InChI=1S/C26H30IN5O2/c1-34-22-7-3-5-19(13-22)25-30-29-23-15-31(24(33)16-32(23)25)21-8-10-26(17-28,11-9-21)20-6-2-4-18(12-20)14-27/h2-7,12-13,21H,8-11,14-17,28H2,1H3/t21-,26+. The van der Waals surface area contributed by atoms with E-state index >= 15 is 0 Å². The fourth-order valence-electron chi connectivity index (χ4n) is 5.46. The topological polar surface area (TPSA) is 86.3 Å². The van der Waals surface area contributed by atoms with E-state index in [1.807, 2.05) is 33.7 Å². The number of nitrogens with two attached hydrogens (primary N) is 1. The summed E-state index contributed by atoms with van der Waals surface area (Å²) in [7, 11) is 1.64. The van der Waals surface area contributed by atoms with Crippen molar-refractivity contribution in [3.05, 3.63) is 65.5 Å². The van der Waals surface area contributed by atoms with Crippen LogP contribution in [0.5, 0.6) is 5.75 Å². The van der Waals surface area contributed by atoms with Gasteiger partial charge >= 0.3 is 0 Å². The van der Waals surface area contributed by atoms with Gasteiger partial charge in [0.1, 0.15) is 12.3 Å². The molecule has 2 heterocycles. The molecule has 5 rings (SSSR count). The highest BCUT2D eigenvalue weighted by Gasteiger charge is 2.40. The predicted octanol–water partition coefficient (Wildman–Crippen LogP) is 4.07. The number of carbonyl (C=O) groups excluding carboxylic acids is 1. The molecule has 1 saturated carbocycles. The van der Waals surface area contributed by atoms with Gasteiger partial charge in [-0.3, -0.25) is 9.36 Å². The van der Waals surface area contributed by atoms with Crippen molar-refractivity contribution in [3.8, 4) is 17.1 Å². The van der Waals surface area contributed by atoms with E-state index in [2.05, 4.69) is 57.1 Å². The van der Waals surface area contributed by atoms with Gasteiger partial charge in [-0.2, -0.15) is 0 Å². The van der Waals surface area contributed by atoms with Gasteiger partial charge in [-0.15, -0.1) is 10.2 Å². The highest BCUT2D eigenvalue weighted by molar-refractivity contribution is 14.1. The Kier molecular flexibility index (Phi) is 6.61. The van der Waals surface area contributed by atoms with E-state index in [0.29, 0.717) is 18.9 Å². The maximum atomic E-state index is 13.2. The van der Waals surface area contributed by atoms with Gasteiger partial charge in [0.05, 0.1) is 13.7 Å². The van der Waals surface area contributed by atoms with Gasteiger partial charge in [0.2, 0.25) is 5.91 Å². The van der Waals surface area contributed by atoms with Crippen LogP contribution in [0.1, 0.15) is 42.6 Å². The molecule has 1 amide bonds. The lowest BCUT2D eigenvalue weighted by molar-refractivity contribution is -0.137. The quantitative estimate of drug-likeness (QED) is 0.356. The van der Waals surface area contributed by atoms with Gasteiger partial charge in [0, 0.05) is 28.0 Å². The zero-order valence-electron chi connectivity index (χ0n) is 19.4. The lowest BCUT2D eigenvalue weighted by atomic mass is 9.67. The number of carbonyl (C=O) groups is 1. The normalized spacial score (nSPS) is 22.5. The number of nitrogens with zero attached hydrogens (tertiary/aromatic N) is 4. The summed E-state index contributed by atoms with van der Waals surface area (Å²) < 4.78 is 8.28. The van der Waals surface area contributed by atoms with Crippen molar-refractivity contribution < 1.29 is 9.53 Å². The second-order valence-corrected chi connectivity index (χ2v) is 10.1. The maximum absolute atomic E-state index is 13.2. The summed E-state index contributed by atoms with van der Waals surface area (Å²) in [5, 5.41) is 8.85. The molecule has 7 nitrogen and oxygen atoms in total. The molecule has 34 heavy (non-hydrogen) atoms. The molecule has 0 radical (unpaired) electrons. The Morgan fingerprint density at radius 1 is 1.12 bits per heavy atom. The zero-order chi connectivity index (χ0) is 23.7. The number of methoxy groups -OCH3 is 1.